The normalized spacial score (nSPS) is 12.2. The van der Waals surface area contributed by atoms with Gasteiger partial charge in [-0.3, -0.25) is 0 Å². The van der Waals surface area contributed by atoms with Crippen LogP contribution in [0.15, 0.2) is 48.7 Å². The van der Waals surface area contributed by atoms with Crippen LogP contribution in [0.25, 0.3) is 0 Å². The van der Waals surface area contributed by atoms with Crippen LogP contribution in [0.1, 0.15) is 30.6 Å². The van der Waals surface area contributed by atoms with E-state index in [1.165, 1.54) is 5.56 Å². The molecular formula is C16H20N2O. The van der Waals surface area contributed by atoms with E-state index in [-0.39, 0.29) is 0 Å². The topological polar surface area (TPSA) is 36.4 Å². The highest BCUT2D eigenvalue weighted by atomic mass is 16.3. The van der Waals surface area contributed by atoms with Crippen molar-refractivity contribution >= 4 is 5.82 Å². The van der Waals surface area contributed by atoms with Crippen LogP contribution in [-0.2, 0) is 6.54 Å². The van der Waals surface area contributed by atoms with Crippen molar-refractivity contribution in [3.05, 3.63) is 59.8 Å². The number of anilines is 1. The van der Waals surface area contributed by atoms with E-state index < -0.39 is 6.10 Å². The summed E-state index contributed by atoms with van der Waals surface area (Å²) in [5, 5.41) is 9.74. The fourth-order valence-corrected chi connectivity index (χ4v) is 1.99. The Morgan fingerprint density at radius 1 is 1.16 bits per heavy atom. The molecule has 0 spiro atoms. The highest BCUT2D eigenvalue weighted by Crippen LogP contribution is 2.18. The highest BCUT2D eigenvalue weighted by molar-refractivity contribution is 5.39. The van der Waals surface area contributed by atoms with Crippen LogP contribution in [0, 0.1) is 0 Å². The molecule has 100 valence electrons. The second kappa shape index (κ2) is 6.34. The molecule has 0 saturated heterocycles. The van der Waals surface area contributed by atoms with E-state index in [0.29, 0.717) is 6.42 Å². The van der Waals surface area contributed by atoms with Gasteiger partial charge in [-0.2, -0.15) is 0 Å². The maximum absolute atomic E-state index is 9.74. The van der Waals surface area contributed by atoms with E-state index in [9.17, 15) is 5.11 Å². The quantitative estimate of drug-likeness (QED) is 0.892. The number of benzene rings is 1. The van der Waals surface area contributed by atoms with E-state index in [2.05, 4.69) is 22.0 Å². The lowest BCUT2D eigenvalue weighted by Gasteiger charge is -2.19. The first kappa shape index (κ1) is 13.6. The van der Waals surface area contributed by atoms with Gasteiger partial charge in [0, 0.05) is 19.8 Å². The van der Waals surface area contributed by atoms with Crippen molar-refractivity contribution in [2.45, 2.75) is 26.0 Å². The summed E-state index contributed by atoms with van der Waals surface area (Å²) in [6, 6.07) is 14.2. The number of nitrogens with zero attached hydrogens (tertiary/aromatic N) is 2. The summed E-state index contributed by atoms with van der Waals surface area (Å²) in [6.45, 7) is 2.78. The monoisotopic (exact) mass is 256 g/mol. The Hall–Kier alpha value is -1.87. The van der Waals surface area contributed by atoms with Crippen molar-refractivity contribution in [3.8, 4) is 0 Å². The Bertz CT molecular complexity index is 496. The Morgan fingerprint density at radius 3 is 2.47 bits per heavy atom. The minimum absolute atomic E-state index is 0.416. The smallest absolute Gasteiger partial charge is 0.128 e. The predicted octanol–water partition coefficient (Wildman–Crippen LogP) is 3.16. The molecule has 0 fully saturated rings. The Balaban J connectivity index is 2.05. The van der Waals surface area contributed by atoms with Crippen molar-refractivity contribution in [2.75, 3.05) is 11.9 Å². The molecule has 19 heavy (non-hydrogen) atoms. The van der Waals surface area contributed by atoms with Crippen LogP contribution >= 0.6 is 0 Å². The molecule has 0 amide bonds. The molecule has 0 aliphatic carbocycles. The van der Waals surface area contributed by atoms with Crippen molar-refractivity contribution in [1.29, 1.82) is 0 Å². The fourth-order valence-electron chi connectivity index (χ4n) is 1.99. The van der Waals surface area contributed by atoms with Crippen LogP contribution in [0.3, 0.4) is 0 Å². The first-order chi connectivity index (χ1) is 9.20. The number of aromatic nitrogens is 1. The van der Waals surface area contributed by atoms with E-state index in [0.717, 1.165) is 17.9 Å². The lowest BCUT2D eigenvalue weighted by molar-refractivity contribution is 0.173. The van der Waals surface area contributed by atoms with E-state index in [4.69, 9.17) is 0 Å². The molecule has 1 aromatic heterocycles. The van der Waals surface area contributed by atoms with Crippen molar-refractivity contribution < 1.29 is 5.11 Å². The first-order valence-electron chi connectivity index (χ1n) is 6.59. The second-order valence-electron chi connectivity index (χ2n) is 4.72. The maximum atomic E-state index is 9.74. The third kappa shape index (κ3) is 3.55. The maximum Gasteiger partial charge on any atom is 0.128 e. The number of rotatable bonds is 5. The van der Waals surface area contributed by atoms with Crippen LogP contribution < -0.4 is 4.90 Å². The molecule has 3 heteroatoms. The summed E-state index contributed by atoms with van der Waals surface area (Å²) in [4.78, 5) is 6.50. The Morgan fingerprint density at radius 2 is 1.89 bits per heavy atom. The number of aliphatic hydroxyl groups excluding tert-OH is 1. The van der Waals surface area contributed by atoms with E-state index in [1.54, 1.807) is 6.20 Å². The number of aliphatic hydroxyl groups is 1. The van der Waals surface area contributed by atoms with Gasteiger partial charge in [0.2, 0.25) is 0 Å². The number of pyridine rings is 1. The molecule has 0 aliphatic heterocycles. The van der Waals surface area contributed by atoms with Gasteiger partial charge in [0.1, 0.15) is 5.82 Å². The number of hydrogen-bond acceptors (Lipinski definition) is 3. The fraction of sp³-hybridized carbons (Fsp3) is 0.312. The Kier molecular flexibility index (Phi) is 4.53. The zero-order valence-corrected chi connectivity index (χ0v) is 11.5. The summed E-state index contributed by atoms with van der Waals surface area (Å²) >= 11 is 0. The zero-order chi connectivity index (χ0) is 13.7. The van der Waals surface area contributed by atoms with Crippen LogP contribution in [0.4, 0.5) is 5.82 Å². The van der Waals surface area contributed by atoms with Gasteiger partial charge in [0.15, 0.2) is 0 Å². The molecule has 1 aromatic carbocycles. The van der Waals surface area contributed by atoms with Crippen molar-refractivity contribution in [3.63, 3.8) is 0 Å². The summed E-state index contributed by atoms with van der Waals surface area (Å²) in [7, 11) is 2.02. The SMILES string of the molecule is CCC(O)c1ccc(N(C)Cc2ccccc2)nc1. The molecule has 1 atom stereocenters. The minimum Gasteiger partial charge on any atom is -0.388 e. The molecule has 3 nitrogen and oxygen atoms in total. The third-order valence-electron chi connectivity index (χ3n) is 3.20. The first-order valence-corrected chi connectivity index (χ1v) is 6.59. The van der Waals surface area contributed by atoms with Crippen molar-refractivity contribution in [1.82, 2.24) is 4.98 Å². The average Bonchev–Trinajstić information content (AvgIpc) is 2.47. The Labute approximate surface area is 114 Å². The molecule has 1 heterocycles. The van der Waals surface area contributed by atoms with Gasteiger partial charge >= 0.3 is 0 Å². The van der Waals surface area contributed by atoms with Gasteiger partial charge in [-0.1, -0.05) is 43.3 Å². The molecule has 0 bridgehead atoms. The lowest BCUT2D eigenvalue weighted by Crippen LogP contribution is -2.17. The molecule has 0 aliphatic rings. The van der Waals surface area contributed by atoms with Crippen LogP contribution in [0.2, 0.25) is 0 Å². The summed E-state index contributed by atoms with van der Waals surface area (Å²) < 4.78 is 0. The molecule has 1 N–H and O–H groups in total. The van der Waals surface area contributed by atoms with Crippen LogP contribution in [-0.4, -0.2) is 17.1 Å². The van der Waals surface area contributed by atoms with Gasteiger partial charge in [-0.15, -0.1) is 0 Å². The minimum atomic E-state index is -0.416. The van der Waals surface area contributed by atoms with Gasteiger partial charge in [-0.25, -0.2) is 4.98 Å². The van der Waals surface area contributed by atoms with Gasteiger partial charge < -0.3 is 10.0 Å². The standard InChI is InChI=1S/C16H20N2O/c1-3-15(19)14-9-10-16(17-11-14)18(2)12-13-7-5-4-6-8-13/h4-11,15,19H,3,12H2,1-2H3. The van der Waals surface area contributed by atoms with Crippen molar-refractivity contribution in [2.24, 2.45) is 0 Å². The highest BCUT2D eigenvalue weighted by Gasteiger charge is 2.07. The van der Waals surface area contributed by atoms with Crippen LogP contribution in [0.5, 0.6) is 0 Å². The molecule has 0 saturated carbocycles. The average molecular weight is 256 g/mol. The largest absolute Gasteiger partial charge is 0.388 e. The zero-order valence-electron chi connectivity index (χ0n) is 11.5. The molecule has 2 aromatic rings. The van der Waals surface area contributed by atoms with Gasteiger partial charge in [0.05, 0.1) is 6.10 Å². The second-order valence-corrected chi connectivity index (χ2v) is 4.72. The summed E-state index contributed by atoms with van der Waals surface area (Å²) in [5.41, 5.74) is 2.13. The van der Waals surface area contributed by atoms with E-state index >= 15 is 0 Å². The molecule has 1 unspecified atom stereocenters. The summed E-state index contributed by atoms with van der Waals surface area (Å²) in [6.07, 6.45) is 2.05. The predicted molar refractivity (Wildman–Crippen MR) is 78.0 cm³/mol. The molecule has 0 radical (unpaired) electrons. The molecule has 2 rings (SSSR count). The summed E-state index contributed by atoms with van der Waals surface area (Å²) in [5.74, 6) is 0.913. The number of hydrogen-bond donors (Lipinski definition) is 1. The van der Waals surface area contributed by atoms with Gasteiger partial charge in [0.25, 0.3) is 0 Å². The lowest BCUT2D eigenvalue weighted by atomic mass is 10.1. The third-order valence-corrected chi connectivity index (χ3v) is 3.20. The van der Waals surface area contributed by atoms with Gasteiger partial charge in [-0.05, 0) is 23.6 Å². The molecular weight excluding hydrogens is 236 g/mol. The van der Waals surface area contributed by atoms with E-state index in [1.807, 2.05) is 44.3 Å².